The second kappa shape index (κ2) is 11.2. The molecular weight excluding hydrogens is 438 g/mol. The number of morpholine rings is 1. The monoisotopic (exact) mass is 467 g/mol. The van der Waals surface area contributed by atoms with Gasteiger partial charge in [0.25, 0.3) is 0 Å². The van der Waals surface area contributed by atoms with Crippen LogP contribution >= 0.6 is 0 Å². The molecule has 2 unspecified atom stereocenters. The maximum Gasteiger partial charge on any atom is 0.306 e. The van der Waals surface area contributed by atoms with Gasteiger partial charge >= 0.3 is 5.97 Å². The van der Waals surface area contributed by atoms with Crippen molar-refractivity contribution in [3.63, 3.8) is 0 Å². The second-order valence-electron chi connectivity index (χ2n) is 8.28. The molecule has 3 N–H and O–H groups in total. The van der Waals surface area contributed by atoms with E-state index in [1.165, 1.54) is 0 Å². The molecule has 9 heteroatoms. The Hall–Kier alpha value is -3.27. The molecule has 0 aromatic heterocycles. The molecule has 0 bridgehead atoms. The van der Waals surface area contributed by atoms with Crippen molar-refractivity contribution in [2.45, 2.75) is 19.1 Å². The lowest BCUT2D eigenvalue weighted by atomic mass is 9.90. The van der Waals surface area contributed by atoms with Crippen LogP contribution in [0, 0.1) is 5.92 Å². The third-order valence-electron chi connectivity index (χ3n) is 5.85. The highest BCUT2D eigenvalue weighted by Gasteiger charge is 2.30. The quantitative estimate of drug-likeness (QED) is 0.339. The molecule has 4 rings (SSSR count). The van der Waals surface area contributed by atoms with Gasteiger partial charge in [0.05, 0.1) is 45.5 Å². The summed E-state index contributed by atoms with van der Waals surface area (Å²) in [5.41, 5.74) is 8.92. The SMILES string of the molecule is NC1Oc2ccc(C(=O)c3ccc(C=NN4CCOCC4)cc3)cc2CC1CC(=O)OCCO. The number of hydrogen-bond donors (Lipinski definition) is 2. The van der Waals surface area contributed by atoms with Gasteiger partial charge in [-0.15, -0.1) is 0 Å². The summed E-state index contributed by atoms with van der Waals surface area (Å²) < 4.78 is 16.0. The number of carbonyl (C=O) groups is 2. The van der Waals surface area contributed by atoms with E-state index in [-0.39, 0.29) is 31.3 Å². The van der Waals surface area contributed by atoms with E-state index >= 15 is 0 Å². The minimum absolute atomic E-state index is 0.0469. The van der Waals surface area contributed by atoms with Gasteiger partial charge in [-0.3, -0.25) is 20.3 Å². The smallest absolute Gasteiger partial charge is 0.306 e. The summed E-state index contributed by atoms with van der Waals surface area (Å²) in [7, 11) is 0. The lowest BCUT2D eigenvalue weighted by Crippen LogP contribution is -2.41. The molecule has 1 saturated heterocycles. The Morgan fingerprint density at radius 2 is 1.88 bits per heavy atom. The van der Waals surface area contributed by atoms with E-state index in [2.05, 4.69) is 5.10 Å². The van der Waals surface area contributed by atoms with Crippen molar-refractivity contribution in [2.75, 3.05) is 39.5 Å². The van der Waals surface area contributed by atoms with E-state index in [4.69, 9.17) is 25.1 Å². The standard InChI is InChI=1S/C25H29N3O6/c26-25-21(15-23(30)33-12-9-29)14-20-13-19(5-6-22(20)34-25)24(31)18-3-1-17(2-4-18)16-27-28-7-10-32-11-8-28/h1-6,13,16,21,25,29H,7-12,14-15,26H2. The summed E-state index contributed by atoms with van der Waals surface area (Å²) >= 11 is 0. The van der Waals surface area contributed by atoms with Crippen molar-refractivity contribution in [1.82, 2.24) is 5.01 Å². The van der Waals surface area contributed by atoms with Gasteiger partial charge in [0.15, 0.2) is 12.0 Å². The molecule has 0 amide bonds. The molecule has 1 fully saturated rings. The van der Waals surface area contributed by atoms with Gasteiger partial charge in [-0.25, -0.2) is 0 Å². The van der Waals surface area contributed by atoms with Crippen LogP contribution in [0.25, 0.3) is 0 Å². The first kappa shape index (κ1) is 23.9. The number of aliphatic hydroxyl groups excluding tert-OH is 1. The fourth-order valence-corrected chi connectivity index (χ4v) is 3.96. The average molecular weight is 468 g/mol. The number of ether oxygens (including phenoxy) is 3. The largest absolute Gasteiger partial charge is 0.475 e. The highest BCUT2D eigenvalue weighted by atomic mass is 16.5. The zero-order chi connectivity index (χ0) is 23.9. The van der Waals surface area contributed by atoms with Gasteiger partial charge in [-0.1, -0.05) is 24.3 Å². The molecule has 0 aliphatic carbocycles. The summed E-state index contributed by atoms with van der Waals surface area (Å²) in [5.74, 6) is -0.216. The highest BCUT2D eigenvalue weighted by molar-refractivity contribution is 6.09. The molecule has 2 aliphatic rings. The van der Waals surface area contributed by atoms with Gasteiger partial charge < -0.3 is 19.3 Å². The van der Waals surface area contributed by atoms with Crippen LogP contribution in [0.4, 0.5) is 0 Å². The van der Waals surface area contributed by atoms with Gasteiger partial charge in [0.1, 0.15) is 12.4 Å². The summed E-state index contributed by atoms with van der Waals surface area (Å²) in [5, 5.41) is 15.2. The van der Waals surface area contributed by atoms with Crippen molar-refractivity contribution in [1.29, 1.82) is 0 Å². The lowest BCUT2D eigenvalue weighted by Gasteiger charge is -2.30. The first-order valence-electron chi connectivity index (χ1n) is 11.4. The van der Waals surface area contributed by atoms with Crippen LogP contribution in [0.2, 0.25) is 0 Å². The van der Waals surface area contributed by atoms with Crippen molar-refractivity contribution in [3.05, 3.63) is 64.7 Å². The third kappa shape index (κ3) is 5.99. The fraction of sp³-hybridized carbons (Fsp3) is 0.400. The van der Waals surface area contributed by atoms with E-state index < -0.39 is 12.2 Å². The Morgan fingerprint density at radius 3 is 2.62 bits per heavy atom. The Morgan fingerprint density at radius 1 is 1.15 bits per heavy atom. The maximum atomic E-state index is 13.1. The molecule has 0 spiro atoms. The van der Waals surface area contributed by atoms with Gasteiger partial charge in [0, 0.05) is 17.0 Å². The van der Waals surface area contributed by atoms with Crippen LogP contribution in [-0.4, -0.2) is 73.8 Å². The predicted molar refractivity (Wildman–Crippen MR) is 125 cm³/mol. The molecule has 2 aromatic rings. The van der Waals surface area contributed by atoms with Gasteiger partial charge in [0.2, 0.25) is 0 Å². The van der Waals surface area contributed by atoms with Crippen LogP contribution in [0.15, 0.2) is 47.6 Å². The number of esters is 1. The Bertz CT molecular complexity index is 1030. The summed E-state index contributed by atoms with van der Waals surface area (Å²) in [4.78, 5) is 25.0. The zero-order valence-corrected chi connectivity index (χ0v) is 18.9. The number of fused-ring (bicyclic) bond motifs is 1. The minimum atomic E-state index is -0.651. The molecule has 180 valence electrons. The summed E-state index contributed by atoms with van der Waals surface area (Å²) in [6, 6.07) is 12.6. The molecule has 34 heavy (non-hydrogen) atoms. The summed E-state index contributed by atoms with van der Waals surface area (Å²) in [6.45, 7) is 2.62. The first-order valence-corrected chi connectivity index (χ1v) is 11.4. The normalized spacial score (nSPS) is 20.0. The van der Waals surface area contributed by atoms with Crippen LogP contribution in [-0.2, 0) is 20.7 Å². The van der Waals surface area contributed by atoms with E-state index in [0.717, 1.165) is 24.2 Å². The van der Waals surface area contributed by atoms with Crippen molar-refractivity contribution in [2.24, 2.45) is 16.8 Å². The molecule has 0 radical (unpaired) electrons. The number of benzene rings is 2. The van der Waals surface area contributed by atoms with E-state index in [0.29, 0.717) is 36.5 Å². The Balaban J connectivity index is 1.42. The molecule has 9 nitrogen and oxygen atoms in total. The van der Waals surface area contributed by atoms with Crippen LogP contribution in [0.5, 0.6) is 5.75 Å². The number of rotatable bonds is 8. The summed E-state index contributed by atoms with van der Waals surface area (Å²) in [6.07, 6.45) is 1.70. The number of aliphatic hydroxyl groups is 1. The average Bonchev–Trinajstić information content (AvgIpc) is 2.87. The molecule has 0 saturated carbocycles. The van der Waals surface area contributed by atoms with E-state index in [1.54, 1.807) is 36.5 Å². The zero-order valence-electron chi connectivity index (χ0n) is 18.9. The first-order chi connectivity index (χ1) is 16.5. The Labute approximate surface area is 198 Å². The Kier molecular flexibility index (Phi) is 7.89. The van der Waals surface area contributed by atoms with Crippen molar-refractivity contribution in [3.8, 4) is 5.75 Å². The van der Waals surface area contributed by atoms with Crippen molar-refractivity contribution >= 4 is 18.0 Å². The van der Waals surface area contributed by atoms with E-state index in [1.807, 2.05) is 17.1 Å². The number of nitrogens with two attached hydrogens (primary N) is 1. The lowest BCUT2D eigenvalue weighted by molar-refractivity contribution is -0.146. The van der Waals surface area contributed by atoms with Gasteiger partial charge in [-0.2, -0.15) is 5.10 Å². The van der Waals surface area contributed by atoms with Crippen molar-refractivity contribution < 1.29 is 28.9 Å². The number of carbonyl (C=O) groups excluding carboxylic acids is 2. The number of hydrogen-bond acceptors (Lipinski definition) is 9. The van der Waals surface area contributed by atoms with E-state index in [9.17, 15) is 9.59 Å². The number of ketones is 1. The van der Waals surface area contributed by atoms with Crippen LogP contribution in [0.3, 0.4) is 0 Å². The minimum Gasteiger partial charge on any atom is -0.475 e. The predicted octanol–water partition coefficient (Wildman–Crippen LogP) is 1.35. The number of nitrogens with zero attached hydrogens (tertiary/aromatic N) is 2. The second-order valence-corrected chi connectivity index (χ2v) is 8.28. The van der Waals surface area contributed by atoms with Gasteiger partial charge in [-0.05, 0) is 35.7 Å². The molecule has 2 heterocycles. The molecule has 2 aliphatic heterocycles. The fourth-order valence-electron chi connectivity index (χ4n) is 3.96. The topological polar surface area (TPSA) is 124 Å². The van der Waals surface area contributed by atoms with Crippen LogP contribution < -0.4 is 10.5 Å². The molecular formula is C25H29N3O6. The molecule has 2 aromatic carbocycles. The highest BCUT2D eigenvalue weighted by Crippen LogP contribution is 2.32. The van der Waals surface area contributed by atoms with Crippen LogP contribution in [0.1, 0.15) is 33.5 Å². The molecule has 2 atom stereocenters. The third-order valence-corrected chi connectivity index (χ3v) is 5.85. The number of hydrazone groups is 1. The maximum absolute atomic E-state index is 13.1.